The van der Waals surface area contributed by atoms with Crippen molar-refractivity contribution in [1.29, 1.82) is 0 Å². The molecule has 0 spiro atoms. The number of rotatable bonds is 18. The Kier molecular flexibility index (Phi) is 31.8. The van der Waals surface area contributed by atoms with Gasteiger partial charge in [0, 0.05) is 21.7 Å². The van der Waals surface area contributed by atoms with Crippen molar-refractivity contribution < 1.29 is 101 Å². The molecule has 1 unspecified atom stereocenters. The Balaban J connectivity index is 0.000000296. The molecule has 120 heavy (non-hydrogen) atoms. The highest BCUT2D eigenvalue weighted by Gasteiger charge is 2.64. The lowest BCUT2D eigenvalue weighted by Crippen LogP contribution is -2.44. The number of alkyl halides is 6. The van der Waals surface area contributed by atoms with Gasteiger partial charge in [0.15, 0.2) is 0 Å². The zero-order chi connectivity index (χ0) is 92.3. The minimum atomic E-state index is -5.85. The van der Waals surface area contributed by atoms with Crippen molar-refractivity contribution in [3.63, 3.8) is 0 Å². The first-order valence-corrected chi connectivity index (χ1v) is 41.9. The summed E-state index contributed by atoms with van der Waals surface area (Å²) in [5.74, 6) is -0.995. The van der Waals surface area contributed by atoms with Crippen LogP contribution in [0.1, 0.15) is 241 Å². The summed E-state index contributed by atoms with van der Waals surface area (Å²) in [4.78, 5) is 0. The lowest BCUT2D eigenvalue weighted by Gasteiger charge is -2.33. The Morgan fingerprint density at radius 1 is 0.283 bits per heavy atom. The van der Waals surface area contributed by atoms with E-state index in [0.29, 0.717) is 11.1 Å². The van der Waals surface area contributed by atoms with Crippen LogP contribution in [0.2, 0.25) is 0 Å². The molecule has 2 saturated heterocycles. The smallest absolute Gasteiger partial charge is 0.405 e. The zero-order valence-corrected chi connectivity index (χ0v) is 75.8. The summed E-state index contributed by atoms with van der Waals surface area (Å²) in [6.45, 7) is 49.4. The molecule has 2 fully saturated rings. The standard InChI is InChI=1S/C32H28F6O6S2.C29H25B3.C12H24B2O4.3C6H14O2/c1-21-5-7-24(8-6-21)30(4,26-15-19-28(20-16-26)44-46(41,42)32(36,37)38)25-11-9-22(10-12-25)29(2,3)23-13-17-27(18-14-23)43-45(39,40)31(33,34)35;1-28(2,21-8-14-25(30)15-9-21)20-4-6-22(7-5-20)29(3,23-10-16-26(31)17-11-23)24-12-18-27(32)19-13-24;1-9(2)10(3,4)16-13(15-9)14-17-11(5,6)12(7,8)18-14;3*1-5(2,7)6(3,4)8/h5-20H,1-4H3;4-19H,1-3H3;1-8H3;3*7-8H,1-4H3. The molecule has 0 saturated carbocycles. The van der Waals surface area contributed by atoms with Crippen LogP contribution in [0.15, 0.2) is 194 Å². The van der Waals surface area contributed by atoms with Crippen LogP contribution in [-0.4, -0.2) is 152 Å². The van der Waals surface area contributed by atoms with Crippen LogP contribution in [0, 0.1) is 6.92 Å². The largest absolute Gasteiger partial charge is 0.534 e. The molecular weight excluding hydrogens is 1580 g/mol. The van der Waals surface area contributed by atoms with Crippen molar-refractivity contribution in [2.24, 2.45) is 0 Å². The second-order valence-corrected chi connectivity index (χ2v) is 40.1. The van der Waals surface area contributed by atoms with E-state index in [2.05, 4.69) is 89.8 Å². The predicted octanol–water partition coefficient (Wildman–Crippen LogP) is 15.7. The van der Waals surface area contributed by atoms with Gasteiger partial charge in [-0.25, -0.2) is 0 Å². The third kappa shape index (κ3) is 25.3. The molecule has 6 N–H and O–H groups in total. The van der Waals surface area contributed by atoms with Crippen LogP contribution in [-0.2, 0) is 60.5 Å². The van der Waals surface area contributed by atoms with Gasteiger partial charge in [0.25, 0.3) is 0 Å². The van der Waals surface area contributed by atoms with Gasteiger partial charge >= 0.3 is 45.3 Å². The number of hydrogen-bond acceptors (Lipinski definition) is 16. The monoisotopic (exact) mass is 1700 g/mol. The molecule has 0 aromatic heterocycles. The average Bonchev–Trinajstić information content (AvgIpc) is 1.67. The summed E-state index contributed by atoms with van der Waals surface area (Å²) in [7, 11) is 5.23. The number of aryl methyl sites for hydroxylation is 1. The Bertz CT molecular complexity index is 4690. The topological polar surface area (TPSA) is 245 Å². The Morgan fingerprint density at radius 3 is 0.617 bits per heavy atom. The summed E-state index contributed by atoms with van der Waals surface area (Å²) >= 11 is 0. The summed E-state index contributed by atoms with van der Waals surface area (Å²) in [6, 6.07) is 58.9. The maximum absolute atomic E-state index is 12.8. The van der Waals surface area contributed by atoms with Gasteiger partial charge in [0.05, 0.1) is 56.0 Å². The van der Waals surface area contributed by atoms with E-state index in [1.165, 1.54) is 52.1 Å². The maximum Gasteiger partial charge on any atom is 0.534 e. The molecule has 1 atom stereocenters. The van der Waals surface area contributed by atoms with Crippen LogP contribution in [0.25, 0.3) is 0 Å². The molecule has 8 aromatic rings. The fraction of sp³-hybridized carbons (Fsp3) is 0.473. The van der Waals surface area contributed by atoms with E-state index in [9.17, 15) is 43.2 Å². The second kappa shape index (κ2) is 36.9. The van der Waals surface area contributed by atoms with Gasteiger partial charge in [-0.05, 0) is 239 Å². The zero-order valence-electron chi connectivity index (χ0n) is 74.2. The minimum Gasteiger partial charge on any atom is -0.405 e. The molecular formula is C91H119B5F6O16S2. The number of hydrogen-bond donors (Lipinski definition) is 6. The highest BCUT2D eigenvalue weighted by molar-refractivity contribution is 7.88. The number of halogens is 6. The molecule has 6 radical (unpaired) electrons. The van der Waals surface area contributed by atoms with Gasteiger partial charge in [0.1, 0.15) is 35.0 Å². The third-order valence-electron chi connectivity index (χ3n) is 23.8. The van der Waals surface area contributed by atoms with Crippen molar-refractivity contribution in [3.05, 3.63) is 255 Å². The summed E-state index contributed by atoms with van der Waals surface area (Å²) in [6.07, 6.45) is 0. The molecule has 10 rings (SSSR count). The summed E-state index contributed by atoms with van der Waals surface area (Å²) < 4.78 is 155. The van der Waals surface area contributed by atoms with Crippen molar-refractivity contribution in [2.45, 2.75) is 276 Å². The van der Waals surface area contributed by atoms with Gasteiger partial charge in [-0.1, -0.05) is 220 Å². The van der Waals surface area contributed by atoms with Crippen LogP contribution >= 0.6 is 0 Å². The van der Waals surface area contributed by atoms with Crippen molar-refractivity contribution in [3.8, 4) is 11.5 Å². The molecule has 16 nitrogen and oxygen atoms in total. The van der Waals surface area contributed by atoms with E-state index in [-0.39, 0.29) is 33.2 Å². The lowest BCUT2D eigenvalue weighted by atomic mass is 9.49. The van der Waals surface area contributed by atoms with Gasteiger partial charge in [-0.2, -0.15) is 43.2 Å². The molecule has 0 bridgehead atoms. The molecule has 0 aliphatic carbocycles. The van der Waals surface area contributed by atoms with E-state index in [1.54, 1.807) is 83.1 Å². The van der Waals surface area contributed by atoms with Gasteiger partial charge < -0.3 is 57.6 Å². The Morgan fingerprint density at radius 2 is 0.433 bits per heavy atom. The first kappa shape index (κ1) is 103. The van der Waals surface area contributed by atoms with Crippen LogP contribution < -0.4 is 24.8 Å². The quantitative estimate of drug-likeness (QED) is 0.0154. The Hall–Kier alpha value is -7.24. The maximum atomic E-state index is 12.8. The predicted molar refractivity (Wildman–Crippen MR) is 469 cm³/mol. The first-order chi connectivity index (χ1) is 53.9. The normalized spacial score (nSPS) is 16.4. The lowest BCUT2D eigenvalue weighted by molar-refractivity contribution is -0.107. The van der Waals surface area contributed by atoms with Gasteiger partial charge in [0.2, 0.25) is 0 Å². The summed E-state index contributed by atoms with van der Waals surface area (Å²) in [5.41, 5.74) is -7.58. The van der Waals surface area contributed by atoms with Crippen molar-refractivity contribution in [2.75, 3.05) is 0 Å². The second-order valence-electron chi connectivity index (χ2n) is 37.0. The van der Waals surface area contributed by atoms with E-state index in [4.69, 9.17) is 72.8 Å². The van der Waals surface area contributed by atoms with Crippen molar-refractivity contribution in [1.82, 2.24) is 0 Å². The third-order valence-corrected chi connectivity index (χ3v) is 25.8. The minimum absolute atomic E-state index is 0.134. The Labute approximate surface area is 713 Å². The molecule has 29 heteroatoms. The van der Waals surface area contributed by atoms with E-state index < -0.39 is 101 Å². The highest BCUT2D eigenvalue weighted by atomic mass is 32.2. The van der Waals surface area contributed by atoms with Crippen molar-refractivity contribution >= 4 is 74.2 Å². The number of aliphatic hydroxyl groups is 6. The van der Waals surface area contributed by atoms with Crippen LogP contribution in [0.4, 0.5) is 26.3 Å². The average molecular weight is 1700 g/mol. The van der Waals surface area contributed by atoms with Crippen LogP contribution in [0.5, 0.6) is 11.5 Å². The van der Waals surface area contributed by atoms with Gasteiger partial charge in [-0.15, -0.1) is 0 Å². The van der Waals surface area contributed by atoms with Crippen LogP contribution in [0.3, 0.4) is 0 Å². The number of benzene rings is 8. The van der Waals surface area contributed by atoms with E-state index >= 15 is 0 Å². The van der Waals surface area contributed by atoms with Gasteiger partial charge in [-0.3, -0.25) is 0 Å². The molecule has 0 amide bonds. The molecule has 2 aliphatic heterocycles. The SMILES string of the molecule is CC(C)(O)C(C)(C)O.CC(C)(O)C(C)(C)O.CC(C)(O)C(C)(C)O.CC1(C)OB(B2OC(C)(C)C(C)(C)O2)OC1(C)C.Cc1ccc(C(C)(c2ccc(OS(=O)(=O)C(F)(F)F)cc2)c2ccc(C(C)(C)c3ccc(OS(=O)(=O)C(F)(F)F)cc3)cc2)cc1.[B]c1ccc(C(C)(C)c2ccc(C(C)(c3ccc([B])cc3)c3ccc([B])cc3)cc2)cc1. The first-order valence-electron chi connectivity index (χ1n) is 39.1. The van der Waals surface area contributed by atoms with E-state index in [1.807, 2.05) is 168 Å². The molecule has 2 heterocycles. The fourth-order valence-corrected chi connectivity index (χ4v) is 12.2. The summed E-state index contributed by atoms with van der Waals surface area (Å²) in [5, 5.41) is 54.6. The fourth-order valence-electron chi connectivity index (χ4n) is 11.3. The van der Waals surface area contributed by atoms with E-state index in [0.717, 1.165) is 62.9 Å². The molecule has 8 aromatic carbocycles. The molecule has 2 aliphatic rings. The highest BCUT2D eigenvalue weighted by Crippen LogP contribution is 2.46. The molecule has 648 valence electrons.